The van der Waals surface area contributed by atoms with Crippen molar-refractivity contribution in [3.05, 3.63) is 89.0 Å². The molecule has 0 aliphatic rings. The van der Waals surface area contributed by atoms with Crippen molar-refractivity contribution in [2.75, 3.05) is 14.2 Å². The van der Waals surface area contributed by atoms with E-state index >= 15 is 0 Å². The molecule has 178 valence electrons. The summed E-state index contributed by atoms with van der Waals surface area (Å²) in [6.07, 6.45) is 0. The zero-order valence-corrected chi connectivity index (χ0v) is 19.2. The van der Waals surface area contributed by atoms with Crippen molar-refractivity contribution in [3.8, 4) is 28.6 Å². The van der Waals surface area contributed by atoms with E-state index < -0.39 is 11.6 Å². The molecular formula is C28H18O8. The molecule has 0 aliphatic carbocycles. The Bertz CT molecular complexity index is 1840. The van der Waals surface area contributed by atoms with Crippen LogP contribution in [0.4, 0.5) is 0 Å². The van der Waals surface area contributed by atoms with Crippen LogP contribution in [-0.4, -0.2) is 20.2 Å². The number of fused-ring (bicyclic) bond motifs is 3. The molecule has 8 nitrogen and oxygen atoms in total. The second kappa shape index (κ2) is 8.35. The Morgan fingerprint density at radius 2 is 1.44 bits per heavy atom. The van der Waals surface area contributed by atoms with E-state index in [-0.39, 0.29) is 11.5 Å². The fraction of sp³-hybridized carbons (Fsp3) is 0.0714. The lowest BCUT2D eigenvalue weighted by atomic mass is 10.1. The number of hydrogen-bond donors (Lipinski definition) is 0. The summed E-state index contributed by atoms with van der Waals surface area (Å²) in [5, 5.41) is 2.06. The van der Waals surface area contributed by atoms with Crippen molar-refractivity contribution >= 4 is 38.9 Å². The van der Waals surface area contributed by atoms with Crippen LogP contribution >= 0.6 is 0 Å². The molecule has 0 fully saturated rings. The summed E-state index contributed by atoms with van der Waals surface area (Å²) in [4.78, 5) is 25.1. The van der Waals surface area contributed by atoms with Gasteiger partial charge in [0.25, 0.3) is 0 Å². The number of rotatable bonds is 5. The van der Waals surface area contributed by atoms with Crippen molar-refractivity contribution < 1.29 is 32.3 Å². The fourth-order valence-corrected chi connectivity index (χ4v) is 4.19. The first-order chi connectivity index (χ1) is 17.5. The smallest absolute Gasteiger partial charge is 0.379 e. The lowest BCUT2D eigenvalue weighted by Gasteiger charge is -2.06. The van der Waals surface area contributed by atoms with Gasteiger partial charge in [-0.1, -0.05) is 24.3 Å². The largest absolute Gasteiger partial charge is 0.493 e. The van der Waals surface area contributed by atoms with Crippen LogP contribution in [0.5, 0.6) is 17.2 Å². The summed E-state index contributed by atoms with van der Waals surface area (Å²) >= 11 is 0. The van der Waals surface area contributed by atoms with Gasteiger partial charge in [0.05, 0.1) is 14.2 Å². The van der Waals surface area contributed by atoms with E-state index in [9.17, 15) is 9.59 Å². The number of carbonyl (C=O) groups is 1. The first-order valence-corrected chi connectivity index (χ1v) is 11.0. The average Bonchev–Trinajstić information content (AvgIpc) is 3.53. The highest BCUT2D eigenvalue weighted by molar-refractivity contribution is 5.98. The first kappa shape index (κ1) is 21.5. The van der Waals surface area contributed by atoms with Crippen LogP contribution in [0.3, 0.4) is 0 Å². The van der Waals surface area contributed by atoms with Crippen molar-refractivity contribution in [2.24, 2.45) is 0 Å². The van der Waals surface area contributed by atoms with Crippen molar-refractivity contribution in [1.29, 1.82) is 0 Å². The van der Waals surface area contributed by atoms with Crippen molar-refractivity contribution in [1.82, 2.24) is 0 Å². The molecule has 8 heteroatoms. The maximum absolute atomic E-state index is 12.9. The number of furan rings is 2. The summed E-state index contributed by atoms with van der Waals surface area (Å²) in [7, 11) is 3.08. The second-order valence-electron chi connectivity index (χ2n) is 8.01. The number of benzene rings is 3. The molecule has 6 aromatic rings. The summed E-state index contributed by atoms with van der Waals surface area (Å²) in [6, 6.07) is 20.3. The molecule has 0 saturated carbocycles. The fourth-order valence-electron chi connectivity index (χ4n) is 4.19. The molecule has 0 aliphatic heterocycles. The third-order valence-electron chi connectivity index (χ3n) is 5.85. The number of carbonyl (C=O) groups excluding carboxylic acids is 1. The highest BCUT2D eigenvalue weighted by atomic mass is 16.5. The quantitative estimate of drug-likeness (QED) is 0.163. The van der Waals surface area contributed by atoms with E-state index in [1.807, 2.05) is 24.3 Å². The average molecular weight is 482 g/mol. The number of esters is 1. The van der Waals surface area contributed by atoms with Crippen molar-refractivity contribution in [3.63, 3.8) is 0 Å². The van der Waals surface area contributed by atoms with Gasteiger partial charge in [-0.25, -0.2) is 9.59 Å². The van der Waals surface area contributed by atoms with E-state index in [0.717, 1.165) is 5.39 Å². The molecule has 3 aromatic heterocycles. The Balaban J connectivity index is 1.41. The van der Waals surface area contributed by atoms with Crippen LogP contribution in [-0.2, 0) is 0 Å². The Morgan fingerprint density at radius 3 is 2.17 bits per heavy atom. The molecule has 0 unspecified atom stereocenters. The molecule has 3 heterocycles. The van der Waals surface area contributed by atoms with E-state index in [1.165, 1.54) is 19.2 Å². The van der Waals surface area contributed by atoms with E-state index in [1.54, 1.807) is 43.5 Å². The van der Waals surface area contributed by atoms with E-state index in [4.69, 9.17) is 27.5 Å². The zero-order chi connectivity index (χ0) is 24.8. The third kappa shape index (κ3) is 3.56. The van der Waals surface area contributed by atoms with E-state index in [2.05, 4.69) is 0 Å². The van der Waals surface area contributed by atoms with Gasteiger partial charge >= 0.3 is 11.6 Å². The van der Waals surface area contributed by atoms with Gasteiger partial charge in [-0.15, -0.1) is 0 Å². The van der Waals surface area contributed by atoms with Crippen molar-refractivity contribution in [2.45, 2.75) is 0 Å². The topological polar surface area (TPSA) is 101 Å². The van der Waals surface area contributed by atoms with Crippen LogP contribution in [0.2, 0.25) is 0 Å². The maximum Gasteiger partial charge on any atom is 0.379 e. The number of para-hydroxylation sites is 2. The van der Waals surface area contributed by atoms with Gasteiger partial charge in [0.15, 0.2) is 22.7 Å². The molecule has 0 radical (unpaired) electrons. The standard InChI is InChI=1S/C28H18O8/c1-31-21-7-3-5-15-11-23(35-26(15)21)19-14-25(29)34-20-10-9-17(13-18(19)20)33-28(30)24-12-16-6-4-8-22(32-2)27(16)36-24/h3-14H,1-2H3. The molecule has 6 rings (SSSR count). The van der Waals surface area contributed by atoms with Crippen LogP contribution in [0, 0.1) is 0 Å². The molecule has 0 bridgehead atoms. The Labute approximate surface area is 203 Å². The molecule has 0 spiro atoms. The number of ether oxygens (including phenoxy) is 3. The minimum absolute atomic E-state index is 0.0267. The monoisotopic (exact) mass is 482 g/mol. The minimum Gasteiger partial charge on any atom is -0.493 e. The Kier molecular flexibility index (Phi) is 5.00. The van der Waals surface area contributed by atoms with E-state index in [0.29, 0.717) is 50.3 Å². The maximum atomic E-state index is 12.9. The zero-order valence-electron chi connectivity index (χ0n) is 19.2. The molecule has 0 saturated heterocycles. The number of methoxy groups -OCH3 is 2. The van der Waals surface area contributed by atoms with Gasteiger partial charge in [0, 0.05) is 27.8 Å². The number of hydrogen-bond acceptors (Lipinski definition) is 8. The minimum atomic E-state index is -0.681. The lowest BCUT2D eigenvalue weighted by Crippen LogP contribution is -2.07. The summed E-state index contributed by atoms with van der Waals surface area (Å²) in [5.41, 5.74) is 1.28. The van der Waals surface area contributed by atoms with Gasteiger partial charge in [0.1, 0.15) is 17.1 Å². The molecular weight excluding hydrogens is 464 g/mol. The Hall–Kier alpha value is -4.98. The second-order valence-corrected chi connectivity index (χ2v) is 8.01. The molecule has 3 aromatic carbocycles. The highest BCUT2D eigenvalue weighted by Crippen LogP contribution is 2.37. The normalized spacial score (nSPS) is 11.3. The van der Waals surface area contributed by atoms with Crippen LogP contribution in [0.25, 0.3) is 44.2 Å². The SMILES string of the molecule is COc1cccc2cc(C(=O)Oc3ccc4oc(=O)cc(-c5cc6cccc(OC)c6o5)c4c3)oc12. The van der Waals surface area contributed by atoms with Crippen LogP contribution in [0.15, 0.2) is 90.8 Å². The summed E-state index contributed by atoms with van der Waals surface area (Å²) in [5.74, 6) is 1.12. The Morgan fingerprint density at radius 1 is 0.750 bits per heavy atom. The molecule has 36 heavy (non-hydrogen) atoms. The highest BCUT2D eigenvalue weighted by Gasteiger charge is 2.19. The van der Waals surface area contributed by atoms with Gasteiger partial charge in [-0.2, -0.15) is 0 Å². The predicted molar refractivity (Wildman–Crippen MR) is 132 cm³/mol. The molecule has 0 atom stereocenters. The first-order valence-electron chi connectivity index (χ1n) is 11.0. The molecule has 0 N–H and O–H groups in total. The lowest BCUT2D eigenvalue weighted by molar-refractivity contribution is 0.0704. The van der Waals surface area contributed by atoms with Crippen LogP contribution in [0.1, 0.15) is 10.6 Å². The summed E-state index contributed by atoms with van der Waals surface area (Å²) < 4.78 is 33.3. The van der Waals surface area contributed by atoms with Gasteiger partial charge in [-0.3, -0.25) is 0 Å². The van der Waals surface area contributed by atoms with Gasteiger partial charge < -0.3 is 27.5 Å². The van der Waals surface area contributed by atoms with Gasteiger partial charge in [-0.05, 0) is 42.5 Å². The molecule has 0 amide bonds. The summed E-state index contributed by atoms with van der Waals surface area (Å²) in [6.45, 7) is 0. The van der Waals surface area contributed by atoms with Crippen LogP contribution < -0.4 is 19.8 Å². The van der Waals surface area contributed by atoms with Gasteiger partial charge in [0.2, 0.25) is 5.76 Å². The third-order valence-corrected chi connectivity index (χ3v) is 5.85. The predicted octanol–water partition coefficient (Wildman–Crippen LogP) is 6.19.